The topological polar surface area (TPSA) is 58.2 Å². The Labute approximate surface area is 96.2 Å². The molecule has 4 nitrogen and oxygen atoms in total. The molecular weight excluding hydrogens is 204 g/mol. The van der Waals surface area contributed by atoms with Crippen LogP contribution in [0.1, 0.15) is 47.0 Å². The van der Waals surface area contributed by atoms with Gasteiger partial charge in [0, 0.05) is 16.5 Å². The van der Waals surface area contributed by atoms with Crippen molar-refractivity contribution in [1.29, 1.82) is 0 Å². The molecule has 3 aliphatic carbocycles. The molecule has 0 aromatic heterocycles. The van der Waals surface area contributed by atoms with Crippen LogP contribution in [0, 0.1) is 5.41 Å². The van der Waals surface area contributed by atoms with E-state index in [1.807, 2.05) is 20.8 Å². The molecule has 0 aromatic rings. The minimum Gasteiger partial charge on any atom is -0.334 e. The van der Waals surface area contributed by atoms with Gasteiger partial charge in [0.2, 0.25) is 0 Å². The number of hydrogen-bond acceptors (Lipinski definition) is 2. The Morgan fingerprint density at radius 1 is 1.12 bits per heavy atom. The molecule has 0 heterocycles. The standard InChI is InChI=1S/C12H20N2O2/c1-8(15)11-5-12(6-11,7-11)14-9(16)13-10(2,3)4/h5-7H2,1-4H3,(H2,13,14,16). The number of carbonyl (C=O) groups is 2. The van der Waals surface area contributed by atoms with Crippen molar-refractivity contribution in [2.24, 2.45) is 5.41 Å². The summed E-state index contributed by atoms with van der Waals surface area (Å²) in [6.45, 7) is 7.50. The molecule has 2 N–H and O–H groups in total. The van der Waals surface area contributed by atoms with E-state index < -0.39 is 0 Å². The summed E-state index contributed by atoms with van der Waals surface area (Å²) < 4.78 is 0. The number of carbonyl (C=O) groups excluding carboxylic acids is 2. The monoisotopic (exact) mass is 224 g/mol. The average Bonchev–Trinajstić information content (AvgIpc) is 1.88. The van der Waals surface area contributed by atoms with Gasteiger partial charge < -0.3 is 10.6 Å². The lowest BCUT2D eigenvalue weighted by Gasteiger charge is -2.69. The Hall–Kier alpha value is -1.06. The van der Waals surface area contributed by atoms with Crippen LogP contribution in [0.2, 0.25) is 0 Å². The number of Topliss-reactive ketones (excluding diaryl/α,β-unsaturated/α-hetero) is 1. The van der Waals surface area contributed by atoms with E-state index in [4.69, 9.17) is 0 Å². The maximum Gasteiger partial charge on any atom is 0.315 e. The van der Waals surface area contributed by atoms with E-state index in [2.05, 4.69) is 10.6 Å². The molecule has 0 radical (unpaired) electrons. The number of ketones is 1. The molecule has 0 aromatic carbocycles. The second kappa shape index (κ2) is 2.99. The van der Waals surface area contributed by atoms with E-state index in [9.17, 15) is 9.59 Å². The van der Waals surface area contributed by atoms with Gasteiger partial charge in [-0.3, -0.25) is 4.79 Å². The average molecular weight is 224 g/mol. The van der Waals surface area contributed by atoms with Crippen LogP contribution in [-0.4, -0.2) is 22.9 Å². The SMILES string of the molecule is CC(=O)C12CC(NC(=O)NC(C)(C)C)(C1)C2. The third-order valence-electron chi connectivity index (χ3n) is 3.64. The summed E-state index contributed by atoms with van der Waals surface area (Å²) in [6.07, 6.45) is 2.48. The van der Waals surface area contributed by atoms with Gasteiger partial charge >= 0.3 is 6.03 Å². The molecule has 16 heavy (non-hydrogen) atoms. The van der Waals surface area contributed by atoms with Gasteiger partial charge in [0.15, 0.2) is 0 Å². The summed E-state index contributed by atoms with van der Waals surface area (Å²) >= 11 is 0. The largest absolute Gasteiger partial charge is 0.334 e. The summed E-state index contributed by atoms with van der Waals surface area (Å²) in [4.78, 5) is 23.0. The Kier molecular flexibility index (Phi) is 2.14. The van der Waals surface area contributed by atoms with Crippen molar-refractivity contribution < 1.29 is 9.59 Å². The second-order valence-corrected chi connectivity index (χ2v) is 6.48. The van der Waals surface area contributed by atoms with Gasteiger partial charge in [0.05, 0.1) is 0 Å². The van der Waals surface area contributed by atoms with Gasteiger partial charge in [-0.15, -0.1) is 0 Å². The predicted molar refractivity (Wildman–Crippen MR) is 61.1 cm³/mol. The summed E-state index contributed by atoms with van der Waals surface area (Å²) in [6, 6.07) is -0.121. The van der Waals surface area contributed by atoms with Crippen molar-refractivity contribution in [3.63, 3.8) is 0 Å². The molecule has 3 aliphatic rings. The first kappa shape index (κ1) is 11.4. The highest BCUT2D eigenvalue weighted by Crippen LogP contribution is 2.67. The lowest BCUT2D eigenvalue weighted by molar-refractivity contribution is -0.173. The highest BCUT2D eigenvalue weighted by atomic mass is 16.2. The van der Waals surface area contributed by atoms with Crippen LogP contribution in [0.15, 0.2) is 0 Å². The third-order valence-corrected chi connectivity index (χ3v) is 3.64. The van der Waals surface area contributed by atoms with Gasteiger partial charge in [-0.1, -0.05) is 0 Å². The maximum absolute atomic E-state index is 11.7. The third kappa shape index (κ3) is 1.70. The zero-order valence-electron chi connectivity index (χ0n) is 10.4. The molecule has 0 spiro atoms. The molecule has 3 saturated carbocycles. The van der Waals surface area contributed by atoms with Crippen molar-refractivity contribution in [1.82, 2.24) is 10.6 Å². The Morgan fingerprint density at radius 3 is 2.00 bits per heavy atom. The molecular formula is C12H20N2O2. The van der Waals surface area contributed by atoms with E-state index >= 15 is 0 Å². The van der Waals surface area contributed by atoms with Crippen LogP contribution >= 0.6 is 0 Å². The maximum atomic E-state index is 11.7. The summed E-state index contributed by atoms with van der Waals surface area (Å²) in [5, 5.41) is 5.87. The minimum atomic E-state index is -0.216. The number of urea groups is 1. The Balaban J connectivity index is 1.83. The van der Waals surface area contributed by atoms with Crippen molar-refractivity contribution in [3.8, 4) is 0 Å². The van der Waals surface area contributed by atoms with Crippen molar-refractivity contribution >= 4 is 11.8 Å². The van der Waals surface area contributed by atoms with Gasteiger partial charge in [0.25, 0.3) is 0 Å². The van der Waals surface area contributed by atoms with Gasteiger partial charge in [-0.25, -0.2) is 4.79 Å². The molecule has 0 unspecified atom stereocenters. The van der Waals surface area contributed by atoms with Crippen LogP contribution in [-0.2, 0) is 4.79 Å². The Bertz CT molecular complexity index is 335. The lowest BCUT2D eigenvalue weighted by Crippen LogP contribution is -2.77. The van der Waals surface area contributed by atoms with Crippen LogP contribution in [0.5, 0.6) is 0 Å². The highest BCUT2D eigenvalue weighted by molar-refractivity contribution is 5.88. The normalized spacial score (nSPS) is 35.8. The zero-order chi connectivity index (χ0) is 12.2. The van der Waals surface area contributed by atoms with E-state index in [1.54, 1.807) is 6.92 Å². The molecule has 2 amide bonds. The van der Waals surface area contributed by atoms with E-state index in [1.165, 1.54) is 0 Å². The number of hydrogen-bond donors (Lipinski definition) is 2. The smallest absolute Gasteiger partial charge is 0.315 e. The number of amides is 2. The van der Waals surface area contributed by atoms with Gasteiger partial charge in [-0.2, -0.15) is 0 Å². The molecule has 0 aliphatic heterocycles. The first-order chi connectivity index (χ1) is 7.17. The number of nitrogens with one attached hydrogen (secondary N) is 2. The quantitative estimate of drug-likeness (QED) is 0.748. The molecule has 90 valence electrons. The van der Waals surface area contributed by atoms with E-state index in [0.717, 1.165) is 19.3 Å². The lowest BCUT2D eigenvalue weighted by atomic mass is 9.38. The van der Waals surface area contributed by atoms with Crippen molar-refractivity contribution in [3.05, 3.63) is 0 Å². The predicted octanol–water partition coefficient (Wildman–Crippen LogP) is 1.60. The minimum absolute atomic E-state index is 0.0823. The fourth-order valence-corrected chi connectivity index (χ4v) is 2.91. The van der Waals surface area contributed by atoms with Crippen LogP contribution in [0.3, 0.4) is 0 Å². The van der Waals surface area contributed by atoms with Crippen molar-refractivity contribution in [2.75, 3.05) is 0 Å². The first-order valence-electron chi connectivity index (χ1n) is 5.78. The number of rotatable bonds is 2. The summed E-state index contributed by atoms with van der Waals surface area (Å²) in [7, 11) is 0. The molecule has 0 atom stereocenters. The van der Waals surface area contributed by atoms with Crippen LogP contribution in [0.4, 0.5) is 4.79 Å². The first-order valence-corrected chi connectivity index (χ1v) is 5.78. The molecule has 3 rings (SSSR count). The fraction of sp³-hybridized carbons (Fsp3) is 0.833. The molecule has 2 bridgehead atoms. The van der Waals surface area contributed by atoms with Gasteiger partial charge in [-0.05, 0) is 47.0 Å². The highest BCUT2D eigenvalue weighted by Gasteiger charge is 2.70. The Morgan fingerprint density at radius 2 is 1.62 bits per heavy atom. The fourth-order valence-electron chi connectivity index (χ4n) is 2.91. The zero-order valence-corrected chi connectivity index (χ0v) is 10.4. The summed E-state index contributed by atoms with van der Waals surface area (Å²) in [5.41, 5.74) is -0.387. The molecule has 0 saturated heterocycles. The molecule has 3 fully saturated rings. The van der Waals surface area contributed by atoms with E-state index in [-0.39, 0.29) is 28.3 Å². The second-order valence-electron chi connectivity index (χ2n) is 6.48. The summed E-state index contributed by atoms with van der Waals surface area (Å²) in [5.74, 6) is 0.271. The van der Waals surface area contributed by atoms with Crippen LogP contribution in [0.25, 0.3) is 0 Å². The van der Waals surface area contributed by atoms with Gasteiger partial charge in [0.1, 0.15) is 5.78 Å². The van der Waals surface area contributed by atoms with Crippen LogP contribution < -0.4 is 10.6 Å². The molecule has 4 heteroatoms. The van der Waals surface area contributed by atoms with E-state index in [0.29, 0.717) is 0 Å². The van der Waals surface area contributed by atoms with Crippen molar-refractivity contribution in [2.45, 2.75) is 58.0 Å².